The highest BCUT2D eigenvalue weighted by atomic mass is 15.2. The second kappa shape index (κ2) is 7.35. The Morgan fingerprint density at radius 1 is 0.913 bits per heavy atom. The minimum atomic E-state index is 0.637. The van der Waals surface area contributed by atoms with Crippen LogP contribution in [0.5, 0.6) is 0 Å². The van der Waals surface area contributed by atoms with Crippen molar-refractivity contribution in [1.29, 1.82) is 0 Å². The number of benzene rings is 1. The molecule has 5 heteroatoms. The number of hydrogen-bond donors (Lipinski definition) is 2. The normalized spacial score (nSPS) is 11.4. The van der Waals surface area contributed by atoms with Crippen molar-refractivity contribution in [2.75, 3.05) is 7.05 Å². The van der Waals surface area contributed by atoms with Gasteiger partial charge in [-0.1, -0.05) is 24.3 Å². The Labute approximate surface area is 135 Å². The highest BCUT2D eigenvalue weighted by molar-refractivity contribution is 5.83. The molecule has 5 nitrogen and oxygen atoms in total. The first kappa shape index (κ1) is 15.0. The zero-order valence-electron chi connectivity index (χ0n) is 13.0. The number of aliphatic imine (C=N–C) groups is 1. The molecule has 0 saturated heterocycles. The van der Waals surface area contributed by atoms with Crippen LogP contribution in [0.1, 0.15) is 11.3 Å². The molecule has 0 saturated carbocycles. The molecule has 116 valence electrons. The molecule has 0 atom stereocenters. The minimum absolute atomic E-state index is 0.637. The van der Waals surface area contributed by atoms with Crippen molar-refractivity contribution in [1.82, 2.24) is 20.6 Å². The summed E-state index contributed by atoms with van der Waals surface area (Å²) in [6.45, 7) is 1.32. The summed E-state index contributed by atoms with van der Waals surface area (Å²) in [5, 5.41) is 7.75. The molecule has 0 fully saturated rings. The summed E-state index contributed by atoms with van der Waals surface area (Å²) in [5.74, 6) is 0.747. The number of aromatic nitrogens is 2. The summed E-state index contributed by atoms with van der Waals surface area (Å²) >= 11 is 0. The largest absolute Gasteiger partial charge is 0.352 e. The van der Waals surface area contributed by atoms with Crippen LogP contribution in [0.3, 0.4) is 0 Å². The monoisotopic (exact) mass is 305 g/mol. The van der Waals surface area contributed by atoms with Crippen molar-refractivity contribution in [3.05, 3.63) is 72.2 Å². The smallest absolute Gasteiger partial charge is 0.191 e. The molecule has 0 spiro atoms. The van der Waals surface area contributed by atoms with Crippen LogP contribution >= 0.6 is 0 Å². The Balaban J connectivity index is 1.63. The number of para-hydroxylation sites is 1. The van der Waals surface area contributed by atoms with Crippen molar-refractivity contribution in [2.24, 2.45) is 4.99 Å². The van der Waals surface area contributed by atoms with E-state index in [2.05, 4.69) is 31.7 Å². The summed E-state index contributed by atoms with van der Waals surface area (Å²) in [6.07, 6.45) is 3.62. The Kier molecular flexibility index (Phi) is 4.79. The molecule has 1 aromatic carbocycles. The molecular weight excluding hydrogens is 286 g/mol. The van der Waals surface area contributed by atoms with E-state index in [4.69, 9.17) is 0 Å². The molecule has 2 N–H and O–H groups in total. The standard InChI is InChI=1S/C18H19N5/c1-19-18(23-13-15-6-4-5-10-20-15)22-12-14-9-11-21-17-8-3-2-7-16(14)17/h2-11H,12-13H2,1H3,(H2,19,22,23). The van der Waals surface area contributed by atoms with Gasteiger partial charge in [-0.2, -0.15) is 0 Å². The van der Waals surface area contributed by atoms with E-state index < -0.39 is 0 Å². The van der Waals surface area contributed by atoms with Gasteiger partial charge in [0.25, 0.3) is 0 Å². The van der Waals surface area contributed by atoms with Gasteiger partial charge in [-0.15, -0.1) is 0 Å². The molecule has 3 aromatic rings. The lowest BCUT2D eigenvalue weighted by Gasteiger charge is -2.12. The van der Waals surface area contributed by atoms with Crippen LogP contribution in [0.2, 0.25) is 0 Å². The van der Waals surface area contributed by atoms with Gasteiger partial charge >= 0.3 is 0 Å². The van der Waals surface area contributed by atoms with Gasteiger partial charge in [0.1, 0.15) is 0 Å². The highest BCUT2D eigenvalue weighted by Gasteiger charge is 2.03. The Morgan fingerprint density at radius 2 is 1.74 bits per heavy atom. The molecule has 23 heavy (non-hydrogen) atoms. The zero-order chi connectivity index (χ0) is 15.9. The maximum Gasteiger partial charge on any atom is 0.191 e. The SMILES string of the molecule is CN=C(NCc1ccccn1)NCc1ccnc2ccccc12. The highest BCUT2D eigenvalue weighted by Crippen LogP contribution is 2.15. The summed E-state index contributed by atoms with van der Waals surface area (Å²) < 4.78 is 0. The summed E-state index contributed by atoms with van der Waals surface area (Å²) in [6, 6.07) is 16.0. The summed E-state index contributed by atoms with van der Waals surface area (Å²) in [4.78, 5) is 12.9. The molecule has 0 aliphatic heterocycles. The predicted octanol–water partition coefficient (Wildman–Crippen LogP) is 2.50. The molecule has 0 aliphatic carbocycles. The molecule has 0 radical (unpaired) electrons. The van der Waals surface area contributed by atoms with Gasteiger partial charge in [-0.05, 0) is 29.8 Å². The molecule has 0 unspecified atom stereocenters. The second-order valence-corrected chi connectivity index (χ2v) is 5.09. The van der Waals surface area contributed by atoms with Crippen molar-refractivity contribution in [2.45, 2.75) is 13.1 Å². The van der Waals surface area contributed by atoms with Crippen molar-refractivity contribution < 1.29 is 0 Å². The molecule has 0 bridgehead atoms. The first-order valence-corrected chi connectivity index (χ1v) is 7.54. The lowest BCUT2D eigenvalue weighted by molar-refractivity contribution is 0.796. The summed E-state index contributed by atoms with van der Waals surface area (Å²) in [7, 11) is 1.76. The second-order valence-electron chi connectivity index (χ2n) is 5.09. The van der Waals surface area contributed by atoms with Gasteiger partial charge in [0.2, 0.25) is 0 Å². The number of hydrogen-bond acceptors (Lipinski definition) is 3. The van der Waals surface area contributed by atoms with E-state index in [-0.39, 0.29) is 0 Å². The first-order valence-electron chi connectivity index (χ1n) is 7.54. The fourth-order valence-electron chi connectivity index (χ4n) is 2.39. The number of guanidine groups is 1. The fraction of sp³-hybridized carbons (Fsp3) is 0.167. The zero-order valence-corrected chi connectivity index (χ0v) is 13.0. The topological polar surface area (TPSA) is 62.2 Å². The lowest BCUT2D eigenvalue weighted by atomic mass is 10.1. The van der Waals surface area contributed by atoms with E-state index in [1.807, 2.05) is 48.7 Å². The maximum atomic E-state index is 4.38. The number of rotatable bonds is 4. The Hall–Kier alpha value is -2.95. The van der Waals surface area contributed by atoms with Gasteiger partial charge < -0.3 is 10.6 Å². The number of pyridine rings is 2. The van der Waals surface area contributed by atoms with E-state index in [1.54, 1.807) is 13.2 Å². The van der Waals surface area contributed by atoms with Crippen LogP contribution in [0, 0.1) is 0 Å². The average Bonchev–Trinajstić information content (AvgIpc) is 2.63. The third kappa shape index (κ3) is 3.83. The Morgan fingerprint density at radius 3 is 2.57 bits per heavy atom. The van der Waals surface area contributed by atoms with E-state index in [0.717, 1.165) is 22.6 Å². The molecule has 0 aliphatic rings. The van der Waals surface area contributed by atoms with Gasteiger partial charge in [0.15, 0.2) is 5.96 Å². The molecule has 0 amide bonds. The van der Waals surface area contributed by atoms with Crippen LogP contribution in [-0.2, 0) is 13.1 Å². The number of nitrogens with zero attached hydrogens (tertiary/aromatic N) is 3. The quantitative estimate of drug-likeness (QED) is 0.574. The number of nitrogens with one attached hydrogen (secondary N) is 2. The van der Waals surface area contributed by atoms with E-state index in [0.29, 0.717) is 13.1 Å². The van der Waals surface area contributed by atoms with Crippen molar-refractivity contribution >= 4 is 16.9 Å². The average molecular weight is 305 g/mol. The predicted molar refractivity (Wildman–Crippen MR) is 93.0 cm³/mol. The minimum Gasteiger partial charge on any atom is -0.352 e. The van der Waals surface area contributed by atoms with Crippen LogP contribution in [0.25, 0.3) is 10.9 Å². The maximum absolute atomic E-state index is 4.38. The first-order chi connectivity index (χ1) is 11.4. The lowest BCUT2D eigenvalue weighted by Crippen LogP contribution is -2.36. The molecule has 2 aromatic heterocycles. The van der Waals surface area contributed by atoms with Crippen molar-refractivity contribution in [3.8, 4) is 0 Å². The van der Waals surface area contributed by atoms with Gasteiger partial charge in [0.05, 0.1) is 17.8 Å². The Bertz CT molecular complexity index is 793. The molecule has 2 heterocycles. The van der Waals surface area contributed by atoms with Crippen LogP contribution in [-0.4, -0.2) is 23.0 Å². The summed E-state index contributed by atoms with van der Waals surface area (Å²) in [5.41, 5.74) is 3.17. The van der Waals surface area contributed by atoms with E-state index in [9.17, 15) is 0 Å². The fourth-order valence-corrected chi connectivity index (χ4v) is 2.39. The molecular formula is C18H19N5. The number of fused-ring (bicyclic) bond motifs is 1. The van der Waals surface area contributed by atoms with Gasteiger partial charge in [0, 0.05) is 31.4 Å². The third-order valence-electron chi connectivity index (χ3n) is 3.57. The van der Waals surface area contributed by atoms with Crippen LogP contribution < -0.4 is 10.6 Å². The van der Waals surface area contributed by atoms with E-state index in [1.165, 1.54) is 5.56 Å². The van der Waals surface area contributed by atoms with Crippen molar-refractivity contribution in [3.63, 3.8) is 0 Å². The third-order valence-corrected chi connectivity index (χ3v) is 3.57. The van der Waals surface area contributed by atoms with Gasteiger partial charge in [-0.25, -0.2) is 0 Å². The van der Waals surface area contributed by atoms with Crippen LogP contribution in [0.4, 0.5) is 0 Å². The van der Waals surface area contributed by atoms with Gasteiger partial charge in [-0.3, -0.25) is 15.0 Å². The van der Waals surface area contributed by atoms with Crippen LogP contribution in [0.15, 0.2) is 65.9 Å². The molecule has 3 rings (SSSR count). The van der Waals surface area contributed by atoms with E-state index >= 15 is 0 Å².